The molecule has 0 radical (unpaired) electrons. The fraction of sp³-hybridized carbons (Fsp3) is 0.500. The summed E-state index contributed by atoms with van der Waals surface area (Å²) in [7, 11) is 0. The maximum atomic E-state index is 6.00. The third-order valence-corrected chi connectivity index (χ3v) is 3.21. The molecule has 0 amide bonds. The molecule has 2 aliphatic carbocycles. The minimum Gasteiger partial charge on any atom is -0.367 e. The molecule has 1 fully saturated rings. The fourth-order valence-electron chi connectivity index (χ4n) is 1.98. The van der Waals surface area contributed by atoms with Crippen LogP contribution in [0, 0.1) is 0 Å². The average Bonchev–Trinajstić information content (AvgIpc) is 2.98. The van der Waals surface area contributed by atoms with Crippen molar-refractivity contribution in [3.8, 4) is 0 Å². The van der Waals surface area contributed by atoms with Crippen molar-refractivity contribution in [3.05, 3.63) is 29.2 Å². The molecule has 2 aliphatic rings. The second kappa shape index (κ2) is 4.06. The van der Waals surface area contributed by atoms with Crippen molar-refractivity contribution >= 4 is 17.4 Å². The number of anilines is 1. The first kappa shape index (κ1) is 10.1. The van der Waals surface area contributed by atoms with Crippen molar-refractivity contribution < 1.29 is 0 Å². The summed E-state index contributed by atoms with van der Waals surface area (Å²) in [6.07, 6.45) is 8.93. The zero-order valence-corrected chi connectivity index (χ0v) is 9.74. The first-order valence-electron chi connectivity index (χ1n) is 5.77. The molecule has 1 saturated carbocycles. The Balaban J connectivity index is 1.77. The Hall–Kier alpha value is -1.09. The molecule has 0 saturated heterocycles. The van der Waals surface area contributed by atoms with E-state index in [1.165, 1.54) is 12.8 Å². The molecule has 1 heterocycles. The van der Waals surface area contributed by atoms with Crippen LogP contribution in [-0.4, -0.2) is 16.0 Å². The topological polar surface area (TPSA) is 37.8 Å². The smallest absolute Gasteiger partial charge is 0.135 e. The third kappa shape index (κ3) is 2.19. The predicted octanol–water partition coefficient (Wildman–Crippen LogP) is 3.14. The molecule has 1 aromatic rings. The molecule has 3 nitrogen and oxygen atoms in total. The minimum absolute atomic E-state index is 0.470. The predicted molar refractivity (Wildman–Crippen MR) is 64.8 cm³/mol. The van der Waals surface area contributed by atoms with Crippen molar-refractivity contribution in [1.82, 2.24) is 9.97 Å². The molecular weight excluding hydrogens is 222 g/mol. The zero-order chi connectivity index (χ0) is 11.0. The van der Waals surface area contributed by atoms with Gasteiger partial charge in [-0.3, -0.25) is 0 Å². The van der Waals surface area contributed by atoms with Crippen LogP contribution >= 0.6 is 11.6 Å². The zero-order valence-electron chi connectivity index (χ0n) is 8.99. The van der Waals surface area contributed by atoms with E-state index in [0.29, 0.717) is 17.1 Å². The molecule has 0 atom stereocenters. The van der Waals surface area contributed by atoms with Gasteiger partial charge in [-0.2, -0.15) is 0 Å². The van der Waals surface area contributed by atoms with Gasteiger partial charge in [0.25, 0.3) is 0 Å². The summed E-state index contributed by atoms with van der Waals surface area (Å²) in [5, 5.41) is 3.95. The number of rotatable bonds is 3. The Bertz CT molecular complexity index is 418. The molecule has 3 rings (SSSR count). The maximum Gasteiger partial charge on any atom is 0.135 e. The van der Waals surface area contributed by atoms with Crippen LogP contribution in [0.5, 0.6) is 0 Å². The normalized spacial score (nSPS) is 20.3. The SMILES string of the molecule is Clc1cc(NC2CC=CC2)nc(C2CC2)n1. The van der Waals surface area contributed by atoms with Crippen molar-refractivity contribution in [2.75, 3.05) is 5.32 Å². The largest absolute Gasteiger partial charge is 0.367 e. The second-order valence-corrected chi connectivity index (χ2v) is 4.88. The molecule has 0 bridgehead atoms. The van der Waals surface area contributed by atoms with Crippen LogP contribution < -0.4 is 5.32 Å². The molecule has 0 aliphatic heterocycles. The van der Waals surface area contributed by atoms with E-state index in [1.54, 1.807) is 0 Å². The van der Waals surface area contributed by atoms with Crippen molar-refractivity contribution in [1.29, 1.82) is 0 Å². The molecule has 84 valence electrons. The minimum atomic E-state index is 0.470. The number of hydrogen-bond donors (Lipinski definition) is 1. The van der Waals surface area contributed by atoms with E-state index in [0.717, 1.165) is 24.5 Å². The highest BCUT2D eigenvalue weighted by molar-refractivity contribution is 6.29. The van der Waals surface area contributed by atoms with E-state index < -0.39 is 0 Å². The van der Waals surface area contributed by atoms with E-state index in [9.17, 15) is 0 Å². The van der Waals surface area contributed by atoms with Crippen LogP contribution in [0.15, 0.2) is 18.2 Å². The molecular formula is C12H14ClN3. The monoisotopic (exact) mass is 235 g/mol. The Kier molecular flexibility index (Phi) is 2.56. The number of halogens is 1. The summed E-state index contributed by atoms with van der Waals surface area (Å²) in [5.41, 5.74) is 0. The first-order chi connectivity index (χ1) is 7.81. The van der Waals surface area contributed by atoms with Gasteiger partial charge in [0, 0.05) is 18.0 Å². The van der Waals surface area contributed by atoms with E-state index >= 15 is 0 Å². The van der Waals surface area contributed by atoms with Gasteiger partial charge in [-0.25, -0.2) is 9.97 Å². The Morgan fingerprint density at radius 3 is 2.62 bits per heavy atom. The van der Waals surface area contributed by atoms with Crippen LogP contribution in [0.25, 0.3) is 0 Å². The summed E-state index contributed by atoms with van der Waals surface area (Å²) in [5.74, 6) is 2.32. The highest BCUT2D eigenvalue weighted by Crippen LogP contribution is 2.38. The lowest BCUT2D eigenvalue weighted by Gasteiger charge is -2.13. The molecule has 4 heteroatoms. The Morgan fingerprint density at radius 2 is 1.94 bits per heavy atom. The summed E-state index contributed by atoms with van der Waals surface area (Å²) < 4.78 is 0. The summed E-state index contributed by atoms with van der Waals surface area (Å²) in [6, 6.07) is 2.28. The quantitative estimate of drug-likeness (QED) is 0.646. The van der Waals surface area contributed by atoms with Crippen LogP contribution in [-0.2, 0) is 0 Å². The molecule has 1 N–H and O–H groups in total. The van der Waals surface area contributed by atoms with Gasteiger partial charge in [0.1, 0.15) is 16.8 Å². The highest BCUT2D eigenvalue weighted by Gasteiger charge is 2.27. The van der Waals surface area contributed by atoms with Crippen LogP contribution in [0.2, 0.25) is 5.15 Å². The van der Waals surface area contributed by atoms with Crippen molar-refractivity contribution in [2.24, 2.45) is 0 Å². The summed E-state index contributed by atoms with van der Waals surface area (Å²) >= 11 is 6.00. The van der Waals surface area contributed by atoms with Gasteiger partial charge in [0.2, 0.25) is 0 Å². The second-order valence-electron chi connectivity index (χ2n) is 4.49. The van der Waals surface area contributed by atoms with E-state index in [1.807, 2.05) is 6.07 Å². The van der Waals surface area contributed by atoms with Crippen LogP contribution in [0.4, 0.5) is 5.82 Å². The lowest BCUT2D eigenvalue weighted by atomic mass is 10.2. The molecule has 0 aromatic carbocycles. The van der Waals surface area contributed by atoms with E-state index in [2.05, 4.69) is 27.4 Å². The molecule has 0 spiro atoms. The number of nitrogens with one attached hydrogen (secondary N) is 1. The molecule has 1 aromatic heterocycles. The van der Waals surface area contributed by atoms with E-state index in [4.69, 9.17) is 11.6 Å². The summed E-state index contributed by atoms with van der Waals surface area (Å²) in [6.45, 7) is 0. The Morgan fingerprint density at radius 1 is 1.19 bits per heavy atom. The lowest BCUT2D eigenvalue weighted by Crippen LogP contribution is -2.16. The van der Waals surface area contributed by atoms with Crippen LogP contribution in [0.1, 0.15) is 37.4 Å². The lowest BCUT2D eigenvalue weighted by molar-refractivity contribution is 0.775. The number of hydrogen-bond acceptors (Lipinski definition) is 3. The molecule has 16 heavy (non-hydrogen) atoms. The number of nitrogens with zero attached hydrogens (tertiary/aromatic N) is 2. The van der Waals surface area contributed by atoms with Crippen molar-refractivity contribution in [3.63, 3.8) is 0 Å². The Labute approximate surface area is 99.9 Å². The van der Waals surface area contributed by atoms with Gasteiger partial charge >= 0.3 is 0 Å². The summed E-state index contributed by atoms with van der Waals surface area (Å²) in [4.78, 5) is 8.79. The molecule has 0 unspecified atom stereocenters. The fourth-order valence-corrected chi connectivity index (χ4v) is 2.17. The van der Waals surface area contributed by atoms with E-state index in [-0.39, 0.29) is 0 Å². The van der Waals surface area contributed by atoms with Crippen molar-refractivity contribution in [2.45, 2.75) is 37.6 Å². The highest BCUT2D eigenvalue weighted by atomic mass is 35.5. The van der Waals surface area contributed by atoms with Gasteiger partial charge in [0.15, 0.2) is 0 Å². The number of aromatic nitrogens is 2. The third-order valence-electron chi connectivity index (χ3n) is 3.01. The van der Waals surface area contributed by atoms with Gasteiger partial charge < -0.3 is 5.32 Å². The first-order valence-corrected chi connectivity index (χ1v) is 6.15. The standard InChI is InChI=1S/C12H14ClN3/c13-10-7-11(14-9-3-1-2-4-9)16-12(15-10)8-5-6-8/h1-2,7-9H,3-6H2,(H,14,15,16). The van der Waals surface area contributed by atoms with Gasteiger partial charge in [-0.15, -0.1) is 0 Å². The van der Waals surface area contributed by atoms with Crippen LogP contribution in [0.3, 0.4) is 0 Å². The van der Waals surface area contributed by atoms with Gasteiger partial charge in [-0.1, -0.05) is 23.8 Å². The maximum absolute atomic E-state index is 6.00. The van der Waals surface area contributed by atoms with Gasteiger partial charge in [-0.05, 0) is 25.7 Å². The average molecular weight is 236 g/mol. The van der Waals surface area contributed by atoms with Gasteiger partial charge in [0.05, 0.1) is 0 Å².